The Labute approximate surface area is 134 Å². The Morgan fingerprint density at radius 2 is 1.95 bits per heavy atom. The van der Waals surface area contributed by atoms with Gasteiger partial charge < -0.3 is 10.1 Å². The molecule has 3 atom stereocenters. The molecule has 2 rings (SSSR count). The van der Waals surface area contributed by atoms with E-state index in [1.54, 1.807) is 0 Å². The van der Waals surface area contributed by atoms with Crippen molar-refractivity contribution in [2.75, 3.05) is 6.61 Å². The van der Waals surface area contributed by atoms with Gasteiger partial charge >= 0.3 is 0 Å². The van der Waals surface area contributed by atoms with E-state index in [1.807, 2.05) is 18.2 Å². The fourth-order valence-electron chi connectivity index (χ4n) is 2.98. The molecular formula is C18H28ClNO. The molecule has 1 fully saturated rings. The Hall–Kier alpha value is -0.570. The van der Waals surface area contributed by atoms with Crippen molar-refractivity contribution in [2.24, 2.45) is 11.3 Å². The summed E-state index contributed by atoms with van der Waals surface area (Å²) in [5, 5.41) is 4.55. The second kappa shape index (κ2) is 6.68. The maximum Gasteiger partial charge on any atom is 0.0656 e. The van der Waals surface area contributed by atoms with Crippen LogP contribution in [0.15, 0.2) is 24.3 Å². The quantitative estimate of drug-likeness (QED) is 0.812. The van der Waals surface area contributed by atoms with Gasteiger partial charge in [0, 0.05) is 29.1 Å². The molecule has 0 radical (unpaired) electrons. The molecule has 3 unspecified atom stereocenters. The summed E-state index contributed by atoms with van der Waals surface area (Å²) in [7, 11) is 0. The Morgan fingerprint density at radius 3 is 2.52 bits per heavy atom. The van der Waals surface area contributed by atoms with Crippen molar-refractivity contribution >= 4 is 11.6 Å². The molecule has 0 saturated heterocycles. The molecule has 118 valence electrons. The van der Waals surface area contributed by atoms with Crippen LogP contribution in [-0.2, 0) is 4.74 Å². The maximum atomic E-state index is 6.28. The van der Waals surface area contributed by atoms with E-state index in [9.17, 15) is 0 Å². The Balaban J connectivity index is 1.92. The highest BCUT2D eigenvalue weighted by Crippen LogP contribution is 2.44. The zero-order chi connectivity index (χ0) is 15.6. The first-order valence-corrected chi connectivity index (χ1v) is 8.32. The first kappa shape index (κ1) is 16.8. The monoisotopic (exact) mass is 309 g/mol. The van der Waals surface area contributed by atoms with E-state index in [2.05, 4.69) is 46.0 Å². The summed E-state index contributed by atoms with van der Waals surface area (Å²) in [4.78, 5) is 0. The zero-order valence-electron chi connectivity index (χ0n) is 13.8. The smallest absolute Gasteiger partial charge is 0.0656 e. The van der Waals surface area contributed by atoms with E-state index in [-0.39, 0.29) is 11.5 Å². The minimum atomic E-state index is 0.171. The molecule has 0 heterocycles. The van der Waals surface area contributed by atoms with Gasteiger partial charge in [-0.05, 0) is 30.9 Å². The van der Waals surface area contributed by atoms with Crippen molar-refractivity contribution in [3.8, 4) is 0 Å². The third kappa shape index (κ3) is 3.80. The zero-order valence-corrected chi connectivity index (χ0v) is 14.6. The predicted octanol–water partition coefficient (Wildman–Crippen LogP) is 4.83. The van der Waals surface area contributed by atoms with Gasteiger partial charge in [-0.3, -0.25) is 0 Å². The van der Waals surface area contributed by atoms with Crippen LogP contribution in [0.3, 0.4) is 0 Å². The Morgan fingerprint density at radius 1 is 1.29 bits per heavy atom. The van der Waals surface area contributed by atoms with E-state index >= 15 is 0 Å². The molecule has 1 aliphatic rings. The van der Waals surface area contributed by atoms with Crippen LogP contribution < -0.4 is 5.32 Å². The molecule has 0 aliphatic heterocycles. The second-order valence-corrected chi connectivity index (χ2v) is 7.64. The summed E-state index contributed by atoms with van der Waals surface area (Å²) < 4.78 is 6.03. The van der Waals surface area contributed by atoms with Gasteiger partial charge in [-0.2, -0.15) is 0 Å². The van der Waals surface area contributed by atoms with Crippen LogP contribution >= 0.6 is 11.6 Å². The van der Waals surface area contributed by atoms with Gasteiger partial charge in [0.15, 0.2) is 0 Å². The standard InChI is InChI=1S/C18H28ClNO/c1-12(2)11-21-17-10-16(18(17,4)5)20-13(3)14-8-6-7-9-15(14)19/h6-9,12-13,16-17,20H,10-11H2,1-5H3. The van der Waals surface area contributed by atoms with Gasteiger partial charge in [0.2, 0.25) is 0 Å². The summed E-state index contributed by atoms with van der Waals surface area (Å²) in [5.41, 5.74) is 1.34. The van der Waals surface area contributed by atoms with Gasteiger partial charge in [0.1, 0.15) is 0 Å². The largest absolute Gasteiger partial charge is 0.377 e. The number of halogens is 1. The molecule has 1 aromatic carbocycles. The van der Waals surface area contributed by atoms with Crippen LogP contribution in [0.25, 0.3) is 0 Å². The van der Waals surface area contributed by atoms with Crippen LogP contribution in [-0.4, -0.2) is 18.8 Å². The highest BCUT2D eigenvalue weighted by atomic mass is 35.5. The molecule has 2 nitrogen and oxygen atoms in total. The number of benzene rings is 1. The highest BCUT2D eigenvalue weighted by molar-refractivity contribution is 6.31. The van der Waals surface area contributed by atoms with Crippen LogP contribution in [0, 0.1) is 11.3 Å². The lowest BCUT2D eigenvalue weighted by molar-refractivity contribution is -0.125. The lowest BCUT2D eigenvalue weighted by Gasteiger charge is -2.53. The average molecular weight is 310 g/mol. The molecule has 1 aromatic rings. The number of hydrogen-bond donors (Lipinski definition) is 1. The summed E-state index contributed by atoms with van der Waals surface area (Å²) >= 11 is 6.28. The molecule has 1 aliphatic carbocycles. The molecule has 0 aromatic heterocycles. The first-order valence-electron chi connectivity index (χ1n) is 7.94. The third-order valence-corrected chi connectivity index (χ3v) is 4.98. The molecule has 0 amide bonds. The average Bonchev–Trinajstić information content (AvgIpc) is 2.41. The molecular weight excluding hydrogens is 282 g/mol. The maximum absolute atomic E-state index is 6.28. The van der Waals surface area contributed by atoms with Gasteiger partial charge in [-0.1, -0.05) is 57.5 Å². The van der Waals surface area contributed by atoms with Crippen molar-refractivity contribution in [3.05, 3.63) is 34.9 Å². The van der Waals surface area contributed by atoms with Crippen LogP contribution in [0.4, 0.5) is 0 Å². The minimum Gasteiger partial charge on any atom is -0.377 e. The van der Waals surface area contributed by atoms with E-state index in [0.717, 1.165) is 18.1 Å². The molecule has 1 N–H and O–H groups in total. The van der Waals surface area contributed by atoms with E-state index < -0.39 is 0 Å². The minimum absolute atomic E-state index is 0.171. The van der Waals surface area contributed by atoms with Crippen molar-refractivity contribution in [2.45, 2.75) is 59.2 Å². The van der Waals surface area contributed by atoms with Crippen molar-refractivity contribution in [1.82, 2.24) is 5.32 Å². The normalized spacial score (nSPS) is 25.7. The van der Waals surface area contributed by atoms with Crippen LogP contribution in [0.5, 0.6) is 0 Å². The number of hydrogen-bond acceptors (Lipinski definition) is 2. The molecule has 3 heteroatoms. The van der Waals surface area contributed by atoms with Gasteiger partial charge in [-0.15, -0.1) is 0 Å². The Bertz CT molecular complexity index is 472. The predicted molar refractivity (Wildman–Crippen MR) is 89.8 cm³/mol. The SMILES string of the molecule is CC(C)COC1CC(NC(C)c2ccccc2Cl)C1(C)C. The molecule has 1 saturated carbocycles. The third-order valence-electron chi connectivity index (χ3n) is 4.63. The van der Waals surface area contributed by atoms with Crippen molar-refractivity contribution in [1.29, 1.82) is 0 Å². The topological polar surface area (TPSA) is 21.3 Å². The highest BCUT2D eigenvalue weighted by Gasteiger charge is 2.49. The molecule has 21 heavy (non-hydrogen) atoms. The van der Waals surface area contributed by atoms with E-state index in [4.69, 9.17) is 16.3 Å². The van der Waals surface area contributed by atoms with Crippen LogP contribution in [0.2, 0.25) is 5.02 Å². The summed E-state index contributed by atoms with van der Waals surface area (Å²) in [5.74, 6) is 0.592. The second-order valence-electron chi connectivity index (χ2n) is 7.24. The number of nitrogens with one attached hydrogen (secondary N) is 1. The van der Waals surface area contributed by atoms with Crippen molar-refractivity contribution in [3.63, 3.8) is 0 Å². The van der Waals surface area contributed by atoms with E-state index in [0.29, 0.717) is 18.1 Å². The fourth-order valence-corrected chi connectivity index (χ4v) is 3.28. The number of ether oxygens (including phenoxy) is 1. The van der Waals surface area contributed by atoms with Gasteiger partial charge in [0.05, 0.1) is 6.10 Å². The van der Waals surface area contributed by atoms with Crippen molar-refractivity contribution < 1.29 is 4.74 Å². The lowest BCUT2D eigenvalue weighted by Crippen LogP contribution is -2.61. The van der Waals surface area contributed by atoms with E-state index in [1.165, 1.54) is 5.56 Å². The molecule has 0 spiro atoms. The summed E-state index contributed by atoms with van der Waals surface area (Å²) in [6.45, 7) is 12.0. The lowest BCUT2D eigenvalue weighted by atomic mass is 9.64. The molecule has 0 bridgehead atoms. The Kier molecular flexibility index (Phi) is 5.34. The fraction of sp³-hybridized carbons (Fsp3) is 0.667. The van der Waals surface area contributed by atoms with Gasteiger partial charge in [0.25, 0.3) is 0 Å². The van der Waals surface area contributed by atoms with Crippen LogP contribution in [0.1, 0.15) is 52.6 Å². The summed E-state index contributed by atoms with van der Waals surface area (Å²) in [6.07, 6.45) is 1.44. The van der Waals surface area contributed by atoms with Gasteiger partial charge in [-0.25, -0.2) is 0 Å². The first-order chi connectivity index (χ1) is 9.82. The summed E-state index contributed by atoms with van der Waals surface area (Å²) in [6, 6.07) is 8.80. The number of rotatable bonds is 6.